The summed E-state index contributed by atoms with van der Waals surface area (Å²) < 4.78 is 0. The van der Waals surface area contributed by atoms with Crippen LogP contribution in [0.25, 0.3) is 0 Å². The number of carbonyl (C=O) groups excluding carboxylic acids is 2. The van der Waals surface area contributed by atoms with E-state index in [4.69, 9.17) is 10.2 Å². The quantitative estimate of drug-likeness (QED) is 0.546. The molecular weight excluding hydrogens is 329 g/mol. The van der Waals surface area contributed by atoms with Crippen molar-refractivity contribution in [1.82, 2.24) is 0 Å². The van der Waals surface area contributed by atoms with Crippen LogP contribution in [0.2, 0.25) is 0 Å². The molecule has 103 valence electrons. The number of hydrogen-bond acceptors (Lipinski definition) is 4. The number of allylic oxidation sites excluding steroid dienone is 2. The average Bonchev–Trinajstić information content (AvgIpc) is 2.33. The van der Waals surface area contributed by atoms with Crippen molar-refractivity contribution in [3.8, 4) is 0 Å². The Hall–Kier alpha value is -1.14. The fourth-order valence-corrected chi connectivity index (χ4v) is 0.495. The fraction of sp³-hybridized carbons (Fsp3) is 0.167. The Labute approximate surface area is 136 Å². The fourth-order valence-electron chi connectivity index (χ4n) is 0.495. The molecule has 0 fully saturated rings. The molecule has 2 N–H and O–H groups in total. The van der Waals surface area contributed by atoms with E-state index in [0.29, 0.717) is 0 Å². The minimum absolute atomic E-state index is 0. The number of ketones is 2. The molecule has 0 heterocycles. The molecule has 1 radical (unpaired) electrons. The van der Waals surface area contributed by atoms with Gasteiger partial charge in [-0.05, 0) is 12.2 Å². The van der Waals surface area contributed by atoms with E-state index in [2.05, 4.69) is 13.8 Å². The summed E-state index contributed by atoms with van der Waals surface area (Å²) in [6.07, 6.45) is 3.79. The average molecular weight is 343 g/mol. The molecule has 0 saturated heterocycles. The molecule has 6 nitrogen and oxygen atoms in total. The molecule has 0 rings (SSSR count). The van der Waals surface area contributed by atoms with Gasteiger partial charge in [-0.1, -0.05) is 0 Å². The predicted octanol–water partition coefficient (Wildman–Crippen LogP) is 0.838. The summed E-state index contributed by atoms with van der Waals surface area (Å²) in [6.45, 7) is 6.54. The first kappa shape index (κ1) is 23.0. The molecule has 0 aromatic rings. The van der Waals surface area contributed by atoms with Crippen molar-refractivity contribution in [2.75, 3.05) is 0 Å². The standard InChI is InChI=1S/2C6H7O3.Y/c2*1-2-5(7)3-4-6(8)9;/h2*3-4H,1-2H2,(H,8,9);/q2*-1;/b2*4-3-;. The van der Waals surface area contributed by atoms with Crippen molar-refractivity contribution in [2.45, 2.75) is 12.8 Å². The van der Waals surface area contributed by atoms with Crippen LogP contribution in [-0.4, -0.2) is 33.7 Å². The van der Waals surface area contributed by atoms with E-state index in [1.54, 1.807) is 0 Å². The Morgan fingerprint density at radius 3 is 1.16 bits per heavy atom. The van der Waals surface area contributed by atoms with Gasteiger partial charge in [-0.15, -0.1) is 12.8 Å². The number of aliphatic carboxylic acids is 2. The number of hydrogen-bond donors (Lipinski definition) is 2. The summed E-state index contributed by atoms with van der Waals surface area (Å²) in [4.78, 5) is 40.1. The van der Waals surface area contributed by atoms with Gasteiger partial charge in [0, 0.05) is 44.9 Å². The number of rotatable bonds is 6. The summed E-state index contributed by atoms with van der Waals surface area (Å²) in [7, 11) is 0. The predicted molar refractivity (Wildman–Crippen MR) is 63.5 cm³/mol. The second-order valence-electron chi connectivity index (χ2n) is 2.78. The Morgan fingerprint density at radius 2 is 1.00 bits per heavy atom. The first-order chi connectivity index (χ1) is 8.33. The largest absolute Gasteiger partial charge is 0.478 e. The van der Waals surface area contributed by atoms with E-state index in [-0.39, 0.29) is 57.1 Å². The van der Waals surface area contributed by atoms with Crippen molar-refractivity contribution in [3.63, 3.8) is 0 Å². The first-order valence-electron chi connectivity index (χ1n) is 4.79. The SMILES string of the molecule is [CH2-]CC(=O)/C=C\C(=O)O.[CH2-]CC(=O)/C=C\C(=O)O.[Y]. The van der Waals surface area contributed by atoms with Crippen LogP contribution >= 0.6 is 0 Å². The van der Waals surface area contributed by atoms with Gasteiger partial charge in [0.15, 0.2) is 0 Å². The van der Waals surface area contributed by atoms with Crippen molar-refractivity contribution in [2.24, 2.45) is 0 Å². The summed E-state index contributed by atoms with van der Waals surface area (Å²) in [5.74, 6) is -2.79. The molecule has 0 amide bonds. The van der Waals surface area contributed by atoms with Crippen molar-refractivity contribution in [1.29, 1.82) is 0 Å². The monoisotopic (exact) mass is 343 g/mol. The van der Waals surface area contributed by atoms with Gasteiger partial charge in [0.1, 0.15) is 11.6 Å². The summed E-state index contributed by atoms with van der Waals surface area (Å²) in [5, 5.41) is 16.0. The van der Waals surface area contributed by atoms with Crippen molar-refractivity contribution in [3.05, 3.63) is 38.2 Å². The minimum atomic E-state index is -1.11. The van der Waals surface area contributed by atoms with Crippen LogP contribution < -0.4 is 0 Å². The van der Waals surface area contributed by atoms with E-state index < -0.39 is 11.9 Å². The molecule has 0 aliphatic rings. The molecule has 0 spiro atoms. The zero-order valence-corrected chi connectivity index (χ0v) is 13.1. The third kappa shape index (κ3) is 22.5. The molecular formula is C12H14O6Y-2. The molecule has 0 aromatic heterocycles. The van der Waals surface area contributed by atoms with Crippen LogP contribution in [0.5, 0.6) is 0 Å². The zero-order valence-electron chi connectivity index (χ0n) is 10.2. The summed E-state index contributed by atoms with van der Waals surface area (Å²) >= 11 is 0. The normalized spacial score (nSPS) is 9.37. The van der Waals surface area contributed by atoms with Gasteiger partial charge in [-0.2, -0.15) is 0 Å². The second kappa shape index (κ2) is 14.9. The van der Waals surface area contributed by atoms with Crippen LogP contribution in [0, 0.1) is 13.8 Å². The zero-order chi connectivity index (χ0) is 14.6. The molecule has 0 aliphatic heterocycles. The van der Waals surface area contributed by atoms with E-state index in [1.165, 1.54) is 0 Å². The van der Waals surface area contributed by atoms with Crippen molar-refractivity contribution < 1.29 is 62.1 Å². The Kier molecular flexibility index (Phi) is 18.1. The molecule has 0 aromatic carbocycles. The van der Waals surface area contributed by atoms with E-state index >= 15 is 0 Å². The third-order valence-corrected chi connectivity index (χ3v) is 1.32. The van der Waals surface area contributed by atoms with Gasteiger partial charge in [0.25, 0.3) is 0 Å². The number of carboxylic acid groups (broad SMARTS) is 2. The van der Waals surface area contributed by atoms with Gasteiger partial charge in [0.2, 0.25) is 0 Å². The topological polar surface area (TPSA) is 109 Å². The second-order valence-corrected chi connectivity index (χ2v) is 2.78. The van der Waals surface area contributed by atoms with Gasteiger partial charge >= 0.3 is 11.9 Å². The van der Waals surface area contributed by atoms with E-state index in [0.717, 1.165) is 24.3 Å². The molecule has 0 unspecified atom stereocenters. The van der Waals surface area contributed by atoms with Crippen molar-refractivity contribution >= 4 is 23.5 Å². The minimum Gasteiger partial charge on any atom is -0.478 e. The smallest absolute Gasteiger partial charge is 0.328 e. The number of carbonyl (C=O) groups is 4. The molecule has 7 heteroatoms. The number of carboxylic acids is 2. The molecule has 0 atom stereocenters. The summed E-state index contributed by atoms with van der Waals surface area (Å²) in [5.41, 5.74) is 0. The van der Waals surface area contributed by atoms with E-state index in [9.17, 15) is 19.2 Å². The molecule has 0 aliphatic carbocycles. The molecule has 0 saturated carbocycles. The maximum Gasteiger partial charge on any atom is 0.328 e. The Balaban J connectivity index is -0.000000256. The van der Waals surface area contributed by atoms with Crippen LogP contribution in [0.3, 0.4) is 0 Å². The van der Waals surface area contributed by atoms with Crippen LogP contribution in [0.1, 0.15) is 12.8 Å². The third-order valence-electron chi connectivity index (χ3n) is 1.32. The first-order valence-corrected chi connectivity index (χ1v) is 4.79. The van der Waals surface area contributed by atoms with Crippen LogP contribution in [-0.2, 0) is 51.9 Å². The maximum atomic E-state index is 10.3. The Morgan fingerprint density at radius 1 is 0.737 bits per heavy atom. The van der Waals surface area contributed by atoms with Crippen LogP contribution in [0.15, 0.2) is 24.3 Å². The van der Waals surface area contributed by atoms with Gasteiger partial charge in [-0.25, -0.2) is 9.59 Å². The van der Waals surface area contributed by atoms with Crippen LogP contribution in [0.4, 0.5) is 0 Å². The van der Waals surface area contributed by atoms with E-state index in [1.807, 2.05) is 0 Å². The maximum absolute atomic E-state index is 10.3. The molecule has 19 heavy (non-hydrogen) atoms. The molecule has 0 bridgehead atoms. The summed E-state index contributed by atoms with van der Waals surface area (Å²) in [6, 6.07) is 0. The van der Waals surface area contributed by atoms with Gasteiger partial charge in [-0.3, -0.25) is 9.59 Å². The van der Waals surface area contributed by atoms with Gasteiger partial charge < -0.3 is 24.1 Å². The Bertz CT molecular complexity index is 334. The van der Waals surface area contributed by atoms with Gasteiger partial charge in [0.05, 0.1) is 0 Å².